The second-order valence-electron chi connectivity index (χ2n) is 4.96. The normalized spacial score (nSPS) is 11.0. The van der Waals surface area contributed by atoms with Gasteiger partial charge in [0.15, 0.2) is 11.5 Å². The molecule has 0 amide bonds. The predicted molar refractivity (Wildman–Crippen MR) is 84.7 cm³/mol. The third kappa shape index (κ3) is 3.81. The van der Waals surface area contributed by atoms with Gasteiger partial charge < -0.3 is 20.3 Å². The molecule has 0 spiro atoms. The Labute approximate surface area is 124 Å². The maximum atomic E-state index is 9.30. The van der Waals surface area contributed by atoms with Crippen LogP contribution in [0.25, 0.3) is 11.2 Å². The molecule has 0 bridgehead atoms. The van der Waals surface area contributed by atoms with Crippen molar-refractivity contribution in [3.63, 3.8) is 0 Å². The summed E-state index contributed by atoms with van der Waals surface area (Å²) >= 11 is 0. The monoisotopic (exact) mass is 292 g/mol. The van der Waals surface area contributed by atoms with Crippen LogP contribution >= 0.6 is 0 Å². The summed E-state index contributed by atoms with van der Waals surface area (Å²) in [6.07, 6.45) is 4.79. The van der Waals surface area contributed by atoms with Crippen LogP contribution < -0.4 is 10.2 Å². The van der Waals surface area contributed by atoms with E-state index < -0.39 is 0 Å². The minimum absolute atomic E-state index is 0.0983. The van der Waals surface area contributed by atoms with Crippen LogP contribution in [0, 0.1) is 0 Å². The second-order valence-corrected chi connectivity index (χ2v) is 4.96. The first-order chi connectivity index (χ1) is 10.3. The quantitative estimate of drug-likeness (QED) is 0.652. The van der Waals surface area contributed by atoms with E-state index in [9.17, 15) is 5.11 Å². The van der Waals surface area contributed by atoms with Crippen molar-refractivity contribution in [3.8, 4) is 0 Å². The van der Waals surface area contributed by atoms with E-state index in [1.54, 1.807) is 6.33 Å². The molecule has 2 aromatic heterocycles. The Balaban J connectivity index is 2.35. The van der Waals surface area contributed by atoms with Crippen molar-refractivity contribution in [2.45, 2.75) is 33.1 Å². The van der Waals surface area contributed by atoms with Gasteiger partial charge >= 0.3 is 0 Å². The Morgan fingerprint density at radius 3 is 2.81 bits per heavy atom. The number of anilines is 2. The van der Waals surface area contributed by atoms with Gasteiger partial charge in [0.1, 0.15) is 5.52 Å². The lowest BCUT2D eigenvalue weighted by Gasteiger charge is -2.23. The molecule has 7 heteroatoms. The van der Waals surface area contributed by atoms with Crippen molar-refractivity contribution in [1.29, 1.82) is 0 Å². The molecule has 21 heavy (non-hydrogen) atoms. The van der Waals surface area contributed by atoms with E-state index in [1.807, 2.05) is 0 Å². The highest BCUT2D eigenvalue weighted by Gasteiger charge is 2.15. The minimum Gasteiger partial charge on any atom is -0.395 e. The van der Waals surface area contributed by atoms with Crippen molar-refractivity contribution < 1.29 is 5.11 Å². The van der Waals surface area contributed by atoms with Gasteiger partial charge in [0.05, 0.1) is 12.9 Å². The van der Waals surface area contributed by atoms with Crippen LogP contribution in [0.3, 0.4) is 0 Å². The summed E-state index contributed by atoms with van der Waals surface area (Å²) in [6, 6.07) is 0. The molecule has 0 unspecified atom stereocenters. The van der Waals surface area contributed by atoms with E-state index in [-0.39, 0.29) is 6.61 Å². The molecule has 0 aliphatic heterocycles. The molecule has 0 atom stereocenters. The van der Waals surface area contributed by atoms with Gasteiger partial charge in [-0.25, -0.2) is 4.98 Å². The molecule has 0 aliphatic carbocycles. The largest absolute Gasteiger partial charge is 0.395 e. The van der Waals surface area contributed by atoms with Crippen LogP contribution in [0.5, 0.6) is 0 Å². The molecular formula is C14H24N6O. The van der Waals surface area contributed by atoms with Gasteiger partial charge in [-0.15, -0.1) is 0 Å². The molecular weight excluding hydrogens is 268 g/mol. The molecule has 0 fully saturated rings. The number of imidazole rings is 1. The topological polar surface area (TPSA) is 90.0 Å². The molecule has 0 saturated heterocycles. The maximum absolute atomic E-state index is 9.30. The van der Waals surface area contributed by atoms with Crippen LogP contribution in [0.1, 0.15) is 33.1 Å². The fourth-order valence-electron chi connectivity index (χ4n) is 2.16. The highest BCUT2D eigenvalue weighted by Crippen LogP contribution is 2.23. The van der Waals surface area contributed by atoms with E-state index in [4.69, 9.17) is 0 Å². The molecule has 2 aromatic rings. The predicted octanol–water partition coefficient (Wildman–Crippen LogP) is 1.77. The number of aliphatic hydroxyl groups excluding tert-OH is 1. The molecule has 2 heterocycles. The Kier molecular flexibility index (Phi) is 5.74. The zero-order chi connectivity index (χ0) is 15.1. The van der Waals surface area contributed by atoms with E-state index in [2.05, 4.69) is 44.0 Å². The van der Waals surface area contributed by atoms with E-state index in [0.717, 1.165) is 43.7 Å². The summed E-state index contributed by atoms with van der Waals surface area (Å²) in [7, 11) is 0. The Bertz CT molecular complexity index is 555. The number of fused-ring (bicyclic) bond motifs is 1. The molecule has 0 saturated carbocycles. The Morgan fingerprint density at radius 1 is 1.24 bits per heavy atom. The first-order valence-corrected chi connectivity index (χ1v) is 7.60. The van der Waals surface area contributed by atoms with Crippen LogP contribution in [-0.4, -0.2) is 51.3 Å². The van der Waals surface area contributed by atoms with Gasteiger partial charge in [0.25, 0.3) is 0 Å². The fraction of sp³-hybridized carbons (Fsp3) is 0.643. The lowest BCUT2D eigenvalue weighted by Crippen LogP contribution is -2.29. The van der Waals surface area contributed by atoms with Crippen molar-refractivity contribution in [3.05, 3.63) is 6.33 Å². The van der Waals surface area contributed by atoms with Crippen LogP contribution in [-0.2, 0) is 0 Å². The third-order valence-electron chi connectivity index (χ3n) is 3.25. The molecule has 0 radical (unpaired) electrons. The maximum Gasteiger partial charge on any atom is 0.226 e. The van der Waals surface area contributed by atoms with Crippen molar-refractivity contribution in [1.82, 2.24) is 19.9 Å². The van der Waals surface area contributed by atoms with Gasteiger partial charge in [-0.05, 0) is 12.8 Å². The Morgan fingerprint density at radius 2 is 2.10 bits per heavy atom. The SMILES string of the molecule is CCCCN(CCO)c1nc(NCCC)nc2nc[nH]c12. The average Bonchev–Trinajstić information content (AvgIpc) is 2.97. The van der Waals surface area contributed by atoms with Gasteiger partial charge in [-0.3, -0.25) is 0 Å². The van der Waals surface area contributed by atoms with E-state index >= 15 is 0 Å². The first kappa shape index (κ1) is 15.5. The number of aromatic amines is 1. The summed E-state index contributed by atoms with van der Waals surface area (Å²) < 4.78 is 0. The average molecular weight is 292 g/mol. The fourth-order valence-corrected chi connectivity index (χ4v) is 2.16. The Hall–Kier alpha value is -1.89. The van der Waals surface area contributed by atoms with Crippen LogP contribution in [0.2, 0.25) is 0 Å². The standard InChI is InChI=1S/C14H24N6O/c1-3-5-7-20(8-9-21)13-11-12(17-10-16-11)18-14(19-13)15-6-4-2/h10,21H,3-9H2,1-2H3,(H2,15,16,17,18,19). The highest BCUT2D eigenvalue weighted by molar-refractivity contribution is 5.84. The molecule has 2 rings (SSSR count). The van der Waals surface area contributed by atoms with Crippen molar-refractivity contribution in [2.24, 2.45) is 0 Å². The second kappa shape index (κ2) is 7.78. The molecule has 7 nitrogen and oxygen atoms in total. The van der Waals surface area contributed by atoms with Crippen molar-refractivity contribution in [2.75, 3.05) is 36.5 Å². The smallest absolute Gasteiger partial charge is 0.226 e. The molecule has 0 aliphatic rings. The molecule has 3 N–H and O–H groups in total. The number of aliphatic hydroxyl groups is 1. The first-order valence-electron chi connectivity index (χ1n) is 7.60. The van der Waals surface area contributed by atoms with E-state index in [0.29, 0.717) is 18.1 Å². The molecule has 116 valence electrons. The van der Waals surface area contributed by atoms with Crippen LogP contribution in [0.4, 0.5) is 11.8 Å². The summed E-state index contributed by atoms with van der Waals surface area (Å²) in [5.41, 5.74) is 1.47. The van der Waals surface area contributed by atoms with Gasteiger partial charge in [-0.1, -0.05) is 20.3 Å². The lowest BCUT2D eigenvalue weighted by atomic mass is 10.3. The third-order valence-corrected chi connectivity index (χ3v) is 3.25. The van der Waals surface area contributed by atoms with Gasteiger partial charge in [0, 0.05) is 19.6 Å². The number of unbranched alkanes of at least 4 members (excludes halogenated alkanes) is 1. The van der Waals surface area contributed by atoms with E-state index in [1.165, 1.54) is 0 Å². The number of rotatable bonds is 9. The summed E-state index contributed by atoms with van der Waals surface area (Å²) in [5.74, 6) is 1.39. The van der Waals surface area contributed by atoms with Crippen molar-refractivity contribution >= 4 is 22.9 Å². The number of hydrogen-bond acceptors (Lipinski definition) is 6. The molecule has 0 aromatic carbocycles. The zero-order valence-electron chi connectivity index (χ0n) is 12.8. The number of nitrogens with one attached hydrogen (secondary N) is 2. The van der Waals surface area contributed by atoms with Crippen LogP contribution in [0.15, 0.2) is 6.33 Å². The summed E-state index contributed by atoms with van der Waals surface area (Å²) in [6.45, 7) is 6.58. The van der Waals surface area contributed by atoms with Gasteiger partial charge in [-0.2, -0.15) is 9.97 Å². The summed E-state index contributed by atoms with van der Waals surface area (Å²) in [5, 5.41) is 12.5. The summed E-state index contributed by atoms with van der Waals surface area (Å²) in [4.78, 5) is 18.4. The number of nitrogens with zero attached hydrogens (tertiary/aromatic N) is 4. The number of H-pyrrole nitrogens is 1. The minimum atomic E-state index is 0.0983. The van der Waals surface area contributed by atoms with Gasteiger partial charge in [0.2, 0.25) is 5.95 Å². The zero-order valence-corrected chi connectivity index (χ0v) is 12.8. The number of aromatic nitrogens is 4. The lowest BCUT2D eigenvalue weighted by molar-refractivity contribution is 0.301. The highest BCUT2D eigenvalue weighted by atomic mass is 16.3. The number of hydrogen-bond donors (Lipinski definition) is 3.